The zero-order valence-corrected chi connectivity index (χ0v) is 11.4. The van der Waals surface area contributed by atoms with Crippen molar-refractivity contribution >= 4 is 5.97 Å². The Kier molecular flexibility index (Phi) is 5.33. The standard InChI is InChI=1S/C14H17N3O3/c1-19-13(18)5-4-12-14(17-8-7-16-12)20-10-11-3-2-6-15-9-11/h7-8,11,15H,2-3,6,9-10H2,1H3. The summed E-state index contributed by atoms with van der Waals surface area (Å²) in [6, 6.07) is 0. The number of aromatic nitrogens is 2. The number of nitrogens with zero attached hydrogens (tertiary/aromatic N) is 2. The molecule has 2 heterocycles. The molecule has 1 atom stereocenters. The molecule has 1 N–H and O–H groups in total. The quantitative estimate of drug-likeness (QED) is 0.635. The number of methoxy groups -OCH3 is 1. The molecule has 0 aromatic carbocycles. The van der Waals surface area contributed by atoms with Gasteiger partial charge in [-0.25, -0.2) is 14.8 Å². The number of hydrogen-bond acceptors (Lipinski definition) is 6. The van der Waals surface area contributed by atoms with E-state index in [1.165, 1.54) is 19.5 Å². The van der Waals surface area contributed by atoms with Crippen LogP contribution in [0.3, 0.4) is 0 Å². The molecule has 6 nitrogen and oxygen atoms in total. The highest BCUT2D eigenvalue weighted by Gasteiger charge is 2.15. The number of carbonyl (C=O) groups is 1. The number of nitrogens with one attached hydrogen (secondary N) is 1. The van der Waals surface area contributed by atoms with Gasteiger partial charge in [0, 0.05) is 30.8 Å². The van der Waals surface area contributed by atoms with Crippen LogP contribution in [0.5, 0.6) is 5.88 Å². The monoisotopic (exact) mass is 275 g/mol. The van der Waals surface area contributed by atoms with E-state index in [9.17, 15) is 4.79 Å². The van der Waals surface area contributed by atoms with Gasteiger partial charge in [-0.1, -0.05) is 0 Å². The van der Waals surface area contributed by atoms with Crippen LogP contribution in [0.25, 0.3) is 0 Å². The molecular weight excluding hydrogens is 258 g/mol. The highest BCUT2D eigenvalue weighted by molar-refractivity contribution is 5.88. The molecule has 0 saturated carbocycles. The highest BCUT2D eigenvalue weighted by atomic mass is 16.5. The van der Waals surface area contributed by atoms with Crippen molar-refractivity contribution in [3.05, 3.63) is 18.1 Å². The van der Waals surface area contributed by atoms with Crippen LogP contribution in [0.2, 0.25) is 0 Å². The van der Waals surface area contributed by atoms with Crippen molar-refractivity contribution in [2.45, 2.75) is 12.8 Å². The fourth-order valence-corrected chi connectivity index (χ4v) is 1.94. The molecule has 1 aromatic heterocycles. The lowest BCUT2D eigenvalue weighted by Crippen LogP contribution is -2.33. The zero-order valence-electron chi connectivity index (χ0n) is 11.4. The molecule has 1 aliphatic heterocycles. The summed E-state index contributed by atoms with van der Waals surface area (Å²) in [6.45, 7) is 2.58. The summed E-state index contributed by atoms with van der Waals surface area (Å²) < 4.78 is 10.1. The van der Waals surface area contributed by atoms with Crippen LogP contribution in [0, 0.1) is 17.8 Å². The van der Waals surface area contributed by atoms with Crippen molar-refractivity contribution in [3.8, 4) is 17.7 Å². The minimum atomic E-state index is -0.613. The predicted octanol–water partition coefficient (Wildman–Crippen LogP) is 0.379. The van der Waals surface area contributed by atoms with Gasteiger partial charge in [0.15, 0.2) is 5.69 Å². The van der Waals surface area contributed by atoms with Gasteiger partial charge in [0.1, 0.15) is 0 Å². The van der Waals surface area contributed by atoms with Crippen LogP contribution < -0.4 is 10.1 Å². The Balaban J connectivity index is 1.99. The summed E-state index contributed by atoms with van der Waals surface area (Å²) in [7, 11) is 1.28. The Bertz CT molecular complexity index is 516. The van der Waals surface area contributed by atoms with Crippen LogP contribution in [-0.4, -0.2) is 42.7 Å². The van der Waals surface area contributed by atoms with E-state index in [-0.39, 0.29) is 0 Å². The van der Waals surface area contributed by atoms with Gasteiger partial charge in [-0.15, -0.1) is 0 Å². The van der Waals surface area contributed by atoms with Gasteiger partial charge in [-0.3, -0.25) is 0 Å². The van der Waals surface area contributed by atoms with Gasteiger partial charge >= 0.3 is 5.97 Å². The predicted molar refractivity (Wildman–Crippen MR) is 72.0 cm³/mol. The van der Waals surface area contributed by atoms with Crippen molar-refractivity contribution < 1.29 is 14.3 Å². The third kappa shape index (κ3) is 4.21. The molecule has 6 heteroatoms. The van der Waals surface area contributed by atoms with Crippen LogP contribution in [0.1, 0.15) is 18.5 Å². The van der Waals surface area contributed by atoms with Gasteiger partial charge in [0.2, 0.25) is 5.88 Å². The summed E-state index contributed by atoms with van der Waals surface area (Å²) in [5.41, 5.74) is 0.349. The van der Waals surface area contributed by atoms with E-state index < -0.39 is 5.97 Å². The van der Waals surface area contributed by atoms with Crippen LogP contribution in [0.15, 0.2) is 12.4 Å². The van der Waals surface area contributed by atoms with Gasteiger partial charge in [-0.2, -0.15) is 0 Å². The first-order valence-electron chi connectivity index (χ1n) is 6.54. The summed E-state index contributed by atoms with van der Waals surface area (Å²) in [5.74, 6) is 5.14. The van der Waals surface area contributed by atoms with Crippen LogP contribution >= 0.6 is 0 Å². The molecule has 0 radical (unpaired) electrons. The molecule has 0 bridgehead atoms. The Morgan fingerprint density at radius 3 is 3.10 bits per heavy atom. The topological polar surface area (TPSA) is 73.3 Å². The van der Waals surface area contributed by atoms with E-state index in [0.29, 0.717) is 24.1 Å². The average Bonchev–Trinajstić information content (AvgIpc) is 2.52. The Morgan fingerprint density at radius 1 is 1.50 bits per heavy atom. The number of ether oxygens (including phenoxy) is 2. The van der Waals surface area contributed by atoms with E-state index in [2.05, 4.69) is 31.9 Å². The maximum atomic E-state index is 11.0. The van der Waals surface area contributed by atoms with Crippen LogP contribution in [-0.2, 0) is 9.53 Å². The van der Waals surface area contributed by atoms with Crippen molar-refractivity contribution in [1.82, 2.24) is 15.3 Å². The number of rotatable bonds is 3. The van der Waals surface area contributed by atoms with Crippen molar-refractivity contribution in [3.63, 3.8) is 0 Å². The molecule has 1 unspecified atom stereocenters. The second-order valence-electron chi connectivity index (χ2n) is 4.48. The molecule has 20 heavy (non-hydrogen) atoms. The highest BCUT2D eigenvalue weighted by Crippen LogP contribution is 2.14. The smallest absolute Gasteiger partial charge is 0.384 e. The summed E-state index contributed by atoms with van der Waals surface area (Å²) in [5, 5.41) is 3.33. The Morgan fingerprint density at radius 2 is 2.35 bits per heavy atom. The average molecular weight is 275 g/mol. The summed E-state index contributed by atoms with van der Waals surface area (Å²) in [4.78, 5) is 19.2. The second kappa shape index (κ2) is 7.46. The van der Waals surface area contributed by atoms with Crippen molar-refractivity contribution in [1.29, 1.82) is 0 Å². The summed E-state index contributed by atoms with van der Waals surface area (Å²) in [6.07, 6.45) is 5.34. The number of carbonyl (C=O) groups excluding carboxylic acids is 1. The third-order valence-electron chi connectivity index (χ3n) is 2.99. The molecule has 1 aliphatic rings. The largest absolute Gasteiger partial charge is 0.475 e. The van der Waals surface area contributed by atoms with Gasteiger partial charge in [-0.05, 0) is 25.3 Å². The van der Waals surface area contributed by atoms with Crippen LogP contribution in [0.4, 0.5) is 0 Å². The fourth-order valence-electron chi connectivity index (χ4n) is 1.94. The number of hydrogen-bond donors (Lipinski definition) is 1. The van der Waals surface area contributed by atoms with Crippen molar-refractivity contribution in [2.24, 2.45) is 5.92 Å². The first kappa shape index (κ1) is 14.3. The minimum Gasteiger partial charge on any atom is -0.475 e. The number of esters is 1. The zero-order chi connectivity index (χ0) is 14.2. The Labute approximate surface area is 117 Å². The van der Waals surface area contributed by atoms with Gasteiger partial charge < -0.3 is 14.8 Å². The molecule has 2 rings (SSSR count). The summed E-state index contributed by atoms with van der Waals surface area (Å²) >= 11 is 0. The molecule has 1 aromatic rings. The maximum absolute atomic E-state index is 11.0. The SMILES string of the molecule is COC(=O)C#Cc1nccnc1OCC1CCCNC1. The van der Waals surface area contributed by atoms with Gasteiger partial charge in [0.25, 0.3) is 0 Å². The first-order valence-corrected chi connectivity index (χ1v) is 6.54. The first-order chi connectivity index (χ1) is 9.79. The van der Waals surface area contributed by atoms with E-state index in [0.717, 1.165) is 25.9 Å². The molecule has 106 valence electrons. The third-order valence-corrected chi connectivity index (χ3v) is 2.99. The van der Waals surface area contributed by atoms with E-state index in [1.807, 2.05) is 0 Å². The van der Waals surface area contributed by atoms with E-state index in [1.54, 1.807) is 0 Å². The van der Waals surface area contributed by atoms with Gasteiger partial charge in [0.05, 0.1) is 13.7 Å². The lowest BCUT2D eigenvalue weighted by atomic mass is 10.0. The lowest BCUT2D eigenvalue weighted by molar-refractivity contribution is -0.133. The molecule has 1 fully saturated rings. The minimum absolute atomic E-state index is 0.349. The molecule has 0 spiro atoms. The van der Waals surface area contributed by atoms with E-state index >= 15 is 0 Å². The maximum Gasteiger partial charge on any atom is 0.384 e. The second-order valence-corrected chi connectivity index (χ2v) is 4.48. The number of piperidine rings is 1. The molecule has 1 saturated heterocycles. The fraction of sp³-hybridized carbons (Fsp3) is 0.500. The molecular formula is C14H17N3O3. The molecule has 0 amide bonds. The van der Waals surface area contributed by atoms with Crippen molar-refractivity contribution in [2.75, 3.05) is 26.8 Å². The molecule has 0 aliphatic carbocycles. The Hall–Kier alpha value is -2.13. The lowest BCUT2D eigenvalue weighted by Gasteiger charge is -2.22. The van der Waals surface area contributed by atoms with E-state index in [4.69, 9.17) is 4.74 Å². The normalized spacial score (nSPS) is 17.8.